The molecule has 3 atom stereocenters. The second kappa shape index (κ2) is 5.65. The van der Waals surface area contributed by atoms with Gasteiger partial charge in [-0.05, 0) is 19.8 Å². The molecular formula is C13H22N2O. The van der Waals surface area contributed by atoms with Crippen molar-refractivity contribution in [3.8, 4) is 6.07 Å². The highest BCUT2D eigenvalue weighted by molar-refractivity contribution is 4.95. The molecule has 1 heterocycles. The van der Waals surface area contributed by atoms with E-state index in [-0.39, 0.29) is 5.92 Å². The third kappa shape index (κ3) is 2.75. The molecule has 2 rings (SSSR count). The van der Waals surface area contributed by atoms with Crippen LogP contribution < -0.4 is 0 Å². The van der Waals surface area contributed by atoms with Crippen molar-refractivity contribution in [2.75, 3.05) is 19.7 Å². The first-order chi connectivity index (χ1) is 7.81. The van der Waals surface area contributed by atoms with Crippen molar-refractivity contribution >= 4 is 0 Å². The summed E-state index contributed by atoms with van der Waals surface area (Å²) in [5.74, 6) is 0.243. The summed E-state index contributed by atoms with van der Waals surface area (Å²) in [6.45, 7) is 4.97. The average Bonchev–Trinajstić information content (AvgIpc) is 2.53. The minimum atomic E-state index is 0.243. The number of rotatable bonds is 1. The zero-order valence-electron chi connectivity index (χ0n) is 10.2. The van der Waals surface area contributed by atoms with Gasteiger partial charge in [-0.15, -0.1) is 0 Å². The fourth-order valence-electron chi connectivity index (χ4n) is 3.02. The molecule has 2 fully saturated rings. The number of morpholine rings is 1. The van der Waals surface area contributed by atoms with Gasteiger partial charge in [0.15, 0.2) is 0 Å². The summed E-state index contributed by atoms with van der Waals surface area (Å²) in [6, 6.07) is 3.01. The Labute approximate surface area is 98.4 Å². The van der Waals surface area contributed by atoms with Gasteiger partial charge in [0.1, 0.15) is 0 Å². The van der Waals surface area contributed by atoms with E-state index < -0.39 is 0 Å². The molecule has 2 aliphatic rings. The normalized spacial score (nSPS) is 37.6. The van der Waals surface area contributed by atoms with E-state index in [0.29, 0.717) is 12.1 Å². The van der Waals surface area contributed by atoms with Crippen molar-refractivity contribution in [3.63, 3.8) is 0 Å². The molecule has 0 aromatic rings. The lowest BCUT2D eigenvalue weighted by Gasteiger charge is -2.38. The molecule has 0 N–H and O–H groups in total. The zero-order chi connectivity index (χ0) is 11.4. The van der Waals surface area contributed by atoms with Crippen molar-refractivity contribution in [2.45, 2.75) is 51.2 Å². The molecule has 1 saturated carbocycles. The molecule has 0 amide bonds. The number of nitriles is 1. The third-order valence-electron chi connectivity index (χ3n) is 3.89. The molecular weight excluding hydrogens is 200 g/mol. The van der Waals surface area contributed by atoms with E-state index in [0.717, 1.165) is 26.1 Å². The molecule has 16 heavy (non-hydrogen) atoms. The standard InChI is InChI=1S/C13H22N2O/c1-11-10-15(7-8-16-11)13-6-4-2-3-5-12(13)9-14/h11-13H,2-8,10H2,1H3. The summed E-state index contributed by atoms with van der Waals surface area (Å²) in [5.41, 5.74) is 0. The van der Waals surface area contributed by atoms with Crippen LogP contribution in [0.3, 0.4) is 0 Å². The number of hydrogen-bond donors (Lipinski definition) is 0. The Kier molecular flexibility index (Phi) is 4.20. The summed E-state index contributed by atoms with van der Waals surface area (Å²) >= 11 is 0. The predicted molar refractivity (Wildman–Crippen MR) is 63.0 cm³/mol. The van der Waals surface area contributed by atoms with Crippen molar-refractivity contribution in [2.24, 2.45) is 5.92 Å². The lowest BCUT2D eigenvalue weighted by atomic mass is 9.94. The van der Waals surface area contributed by atoms with Crippen LogP contribution in [0.15, 0.2) is 0 Å². The van der Waals surface area contributed by atoms with Crippen molar-refractivity contribution < 1.29 is 4.74 Å². The van der Waals surface area contributed by atoms with Crippen LogP contribution in [-0.2, 0) is 4.74 Å². The topological polar surface area (TPSA) is 36.3 Å². The maximum atomic E-state index is 9.28. The van der Waals surface area contributed by atoms with Crippen LogP contribution in [-0.4, -0.2) is 36.7 Å². The molecule has 3 heteroatoms. The van der Waals surface area contributed by atoms with Crippen LogP contribution in [0.2, 0.25) is 0 Å². The second-order valence-corrected chi connectivity index (χ2v) is 5.12. The lowest BCUT2D eigenvalue weighted by molar-refractivity contribution is -0.0408. The Morgan fingerprint density at radius 2 is 2.06 bits per heavy atom. The van der Waals surface area contributed by atoms with Crippen molar-refractivity contribution in [1.82, 2.24) is 4.90 Å². The third-order valence-corrected chi connectivity index (χ3v) is 3.89. The highest BCUT2D eigenvalue weighted by atomic mass is 16.5. The molecule has 1 aliphatic heterocycles. The average molecular weight is 222 g/mol. The maximum absolute atomic E-state index is 9.28. The van der Waals surface area contributed by atoms with Crippen LogP contribution in [0.4, 0.5) is 0 Å². The molecule has 0 aromatic heterocycles. The first-order valence-corrected chi connectivity index (χ1v) is 6.56. The van der Waals surface area contributed by atoms with Gasteiger partial charge in [-0.1, -0.05) is 19.3 Å². The molecule has 0 spiro atoms. The fourth-order valence-corrected chi connectivity index (χ4v) is 3.02. The Morgan fingerprint density at radius 3 is 2.81 bits per heavy atom. The quantitative estimate of drug-likeness (QED) is 0.638. The van der Waals surface area contributed by atoms with Gasteiger partial charge in [-0.3, -0.25) is 4.90 Å². The van der Waals surface area contributed by atoms with E-state index in [1.54, 1.807) is 0 Å². The Morgan fingerprint density at radius 1 is 1.25 bits per heavy atom. The Balaban J connectivity index is 2.01. The van der Waals surface area contributed by atoms with Crippen LogP contribution in [0.5, 0.6) is 0 Å². The maximum Gasteiger partial charge on any atom is 0.0674 e. The van der Waals surface area contributed by atoms with Gasteiger partial charge in [0.25, 0.3) is 0 Å². The smallest absolute Gasteiger partial charge is 0.0674 e. The van der Waals surface area contributed by atoms with E-state index in [1.807, 2.05) is 0 Å². The summed E-state index contributed by atoms with van der Waals surface area (Å²) in [5, 5.41) is 9.28. The zero-order valence-corrected chi connectivity index (χ0v) is 10.2. The minimum Gasteiger partial charge on any atom is -0.376 e. The van der Waals surface area contributed by atoms with E-state index in [1.165, 1.54) is 25.7 Å². The van der Waals surface area contributed by atoms with E-state index in [2.05, 4.69) is 17.9 Å². The first-order valence-electron chi connectivity index (χ1n) is 6.56. The number of ether oxygens (including phenoxy) is 1. The van der Waals surface area contributed by atoms with Gasteiger partial charge in [0, 0.05) is 19.1 Å². The summed E-state index contributed by atoms with van der Waals surface area (Å²) in [4.78, 5) is 2.49. The lowest BCUT2D eigenvalue weighted by Crippen LogP contribution is -2.49. The van der Waals surface area contributed by atoms with Crippen LogP contribution in [0, 0.1) is 17.2 Å². The van der Waals surface area contributed by atoms with Crippen molar-refractivity contribution in [1.29, 1.82) is 5.26 Å². The second-order valence-electron chi connectivity index (χ2n) is 5.12. The molecule has 3 nitrogen and oxygen atoms in total. The molecule has 1 saturated heterocycles. The summed E-state index contributed by atoms with van der Waals surface area (Å²) in [6.07, 6.45) is 6.44. The first kappa shape index (κ1) is 11.9. The van der Waals surface area contributed by atoms with E-state index in [9.17, 15) is 5.26 Å². The van der Waals surface area contributed by atoms with Gasteiger partial charge in [-0.2, -0.15) is 5.26 Å². The molecule has 3 unspecified atom stereocenters. The highest BCUT2D eigenvalue weighted by Gasteiger charge is 2.31. The largest absolute Gasteiger partial charge is 0.376 e. The fraction of sp³-hybridized carbons (Fsp3) is 0.923. The van der Waals surface area contributed by atoms with Crippen LogP contribution >= 0.6 is 0 Å². The van der Waals surface area contributed by atoms with E-state index >= 15 is 0 Å². The SMILES string of the molecule is CC1CN(C2CCCCCC2C#N)CCO1. The molecule has 90 valence electrons. The minimum absolute atomic E-state index is 0.243. The van der Waals surface area contributed by atoms with Gasteiger partial charge in [0.2, 0.25) is 0 Å². The van der Waals surface area contributed by atoms with Crippen molar-refractivity contribution in [3.05, 3.63) is 0 Å². The highest BCUT2D eigenvalue weighted by Crippen LogP contribution is 2.28. The van der Waals surface area contributed by atoms with Gasteiger partial charge < -0.3 is 4.74 Å². The Bertz CT molecular complexity index is 261. The number of nitrogens with zero attached hydrogens (tertiary/aromatic N) is 2. The molecule has 0 aromatic carbocycles. The molecule has 1 aliphatic carbocycles. The summed E-state index contributed by atoms with van der Waals surface area (Å²) in [7, 11) is 0. The molecule has 0 radical (unpaired) electrons. The monoisotopic (exact) mass is 222 g/mol. The van der Waals surface area contributed by atoms with Gasteiger partial charge >= 0.3 is 0 Å². The number of hydrogen-bond acceptors (Lipinski definition) is 3. The Hall–Kier alpha value is -0.590. The van der Waals surface area contributed by atoms with E-state index in [4.69, 9.17) is 4.74 Å². The molecule has 0 bridgehead atoms. The van der Waals surface area contributed by atoms with Gasteiger partial charge in [0.05, 0.1) is 24.7 Å². The summed E-state index contributed by atoms with van der Waals surface area (Å²) < 4.78 is 5.57. The van der Waals surface area contributed by atoms with Gasteiger partial charge in [-0.25, -0.2) is 0 Å². The predicted octanol–water partition coefficient (Wildman–Crippen LogP) is 2.18. The van der Waals surface area contributed by atoms with Crippen LogP contribution in [0.1, 0.15) is 39.0 Å². The van der Waals surface area contributed by atoms with Crippen LogP contribution in [0.25, 0.3) is 0 Å².